The highest BCUT2D eigenvalue weighted by atomic mass is 19.4. The standard InChI is InChI=1S/C12H8F3N3/c13-12(14,15)10-7-17-18-11(10)9-3-1-8(2-4-9)5-6-16/h1-4,7H,5H2,(H,17,18). The maximum absolute atomic E-state index is 12.7. The van der Waals surface area contributed by atoms with Gasteiger partial charge in [-0.2, -0.15) is 23.5 Å². The van der Waals surface area contributed by atoms with Crippen LogP contribution in [0.1, 0.15) is 11.1 Å². The van der Waals surface area contributed by atoms with Gasteiger partial charge in [-0.1, -0.05) is 24.3 Å². The minimum Gasteiger partial charge on any atom is -0.277 e. The average molecular weight is 251 g/mol. The molecule has 1 aromatic heterocycles. The van der Waals surface area contributed by atoms with Crippen molar-refractivity contribution in [3.8, 4) is 17.3 Å². The Kier molecular flexibility index (Phi) is 3.06. The number of aromatic amines is 1. The van der Waals surface area contributed by atoms with E-state index in [9.17, 15) is 13.2 Å². The molecule has 0 unspecified atom stereocenters. The van der Waals surface area contributed by atoms with Gasteiger partial charge < -0.3 is 0 Å². The minimum atomic E-state index is -4.44. The fourth-order valence-electron chi connectivity index (χ4n) is 1.60. The van der Waals surface area contributed by atoms with Crippen LogP contribution in [-0.2, 0) is 12.6 Å². The van der Waals surface area contributed by atoms with Gasteiger partial charge in [-0.15, -0.1) is 0 Å². The number of hydrogen-bond acceptors (Lipinski definition) is 2. The highest BCUT2D eigenvalue weighted by molar-refractivity contribution is 5.63. The first-order chi connectivity index (χ1) is 8.52. The van der Waals surface area contributed by atoms with E-state index in [0.717, 1.165) is 11.8 Å². The maximum Gasteiger partial charge on any atom is 0.420 e. The largest absolute Gasteiger partial charge is 0.420 e. The van der Waals surface area contributed by atoms with Crippen LogP contribution in [0.3, 0.4) is 0 Å². The topological polar surface area (TPSA) is 52.5 Å². The number of nitriles is 1. The summed E-state index contributed by atoms with van der Waals surface area (Å²) in [5.74, 6) is 0. The highest BCUT2D eigenvalue weighted by Gasteiger charge is 2.35. The van der Waals surface area contributed by atoms with Gasteiger partial charge in [-0.3, -0.25) is 5.10 Å². The molecule has 3 nitrogen and oxygen atoms in total. The van der Waals surface area contributed by atoms with Gasteiger partial charge in [-0.05, 0) is 5.56 Å². The molecule has 6 heteroatoms. The third kappa shape index (κ3) is 2.35. The van der Waals surface area contributed by atoms with Crippen LogP contribution in [-0.4, -0.2) is 10.2 Å². The van der Waals surface area contributed by atoms with Gasteiger partial charge in [0.05, 0.1) is 24.4 Å². The summed E-state index contributed by atoms with van der Waals surface area (Å²) in [6.07, 6.45) is -3.44. The molecule has 0 aliphatic heterocycles. The van der Waals surface area contributed by atoms with Gasteiger partial charge in [0.1, 0.15) is 5.56 Å². The molecule has 1 aromatic carbocycles. The Morgan fingerprint density at radius 1 is 1.22 bits per heavy atom. The summed E-state index contributed by atoms with van der Waals surface area (Å²) in [4.78, 5) is 0. The summed E-state index contributed by atoms with van der Waals surface area (Å²) in [6.45, 7) is 0. The van der Waals surface area contributed by atoms with Crippen LogP contribution >= 0.6 is 0 Å². The molecule has 18 heavy (non-hydrogen) atoms. The van der Waals surface area contributed by atoms with Crippen LogP contribution < -0.4 is 0 Å². The number of nitrogens with one attached hydrogen (secondary N) is 1. The van der Waals surface area contributed by atoms with Gasteiger partial charge in [-0.25, -0.2) is 0 Å². The lowest BCUT2D eigenvalue weighted by molar-refractivity contribution is -0.137. The molecule has 0 amide bonds. The number of aromatic nitrogens is 2. The zero-order valence-electron chi connectivity index (χ0n) is 9.12. The van der Waals surface area contributed by atoms with Crippen molar-refractivity contribution in [1.82, 2.24) is 10.2 Å². The molecule has 2 aromatic rings. The zero-order chi connectivity index (χ0) is 13.2. The molecule has 1 heterocycles. The van der Waals surface area contributed by atoms with Crippen molar-refractivity contribution in [1.29, 1.82) is 5.26 Å². The Hall–Kier alpha value is -2.29. The van der Waals surface area contributed by atoms with Crippen molar-refractivity contribution in [3.05, 3.63) is 41.6 Å². The van der Waals surface area contributed by atoms with Crippen molar-refractivity contribution in [2.45, 2.75) is 12.6 Å². The smallest absolute Gasteiger partial charge is 0.277 e. The van der Waals surface area contributed by atoms with E-state index in [1.54, 1.807) is 12.1 Å². The van der Waals surface area contributed by atoms with E-state index in [4.69, 9.17) is 5.26 Å². The molecule has 2 rings (SSSR count). The van der Waals surface area contributed by atoms with Gasteiger partial charge in [0.25, 0.3) is 0 Å². The molecule has 0 atom stereocenters. The van der Waals surface area contributed by atoms with E-state index < -0.39 is 11.7 Å². The van der Waals surface area contributed by atoms with Crippen LogP contribution in [0, 0.1) is 11.3 Å². The van der Waals surface area contributed by atoms with Crippen LogP contribution in [0.4, 0.5) is 13.2 Å². The molecule has 0 radical (unpaired) electrons. The summed E-state index contributed by atoms with van der Waals surface area (Å²) in [5.41, 5.74) is 0.289. The first kappa shape index (κ1) is 12.2. The molecule has 0 aliphatic rings. The van der Waals surface area contributed by atoms with Gasteiger partial charge in [0, 0.05) is 5.56 Å². The maximum atomic E-state index is 12.7. The lowest BCUT2D eigenvalue weighted by Gasteiger charge is -2.07. The Balaban J connectivity index is 2.38. The SMILES string of the molecule is N#CCc1ccc(-c2[nH]ncc2C(F)(F)F)cc1. The zero-order valence-corrected chi connectivity index (χ0v) is 9.12. The average Bonchev–Trinajstić information content (AvgIpc) is 2.79. The van der Waals surface area contributed by atoms with Crippen molar-refractivity contribution < 1.29 is 13.2 Å². The normalized spacial score (nSPS) is 11.2. The number of H-pyrrole nitrogens is 1. The third-order valence-corrected chi connectivity index (χ3v) is 2.47. The highest BCUT2D eigenvalue weighted by Crippen LogP contribution is 2.35. The Labute approximate surface area is 101 Å². The summed E-state index contributed by atoms with van der Waals surface area (Å²) >= 11 is 0. The monoisotopic (exact) mass is 251 g/mol. The van der Waals surface area contributed by atoms with Crippen molar-refractivity contribution in [2.75, 3.05) is 0 Å². The molecular formula is C12H8F3N3. The Morgan fingerprint density at radius 3 is 2.44 bits per heavy atom. The van der Waals surface area contributed by atoms with Crippen LogP contribution in [0.25, 0.3) is 11.3 Å². The second-order valence-electron chi connectivity index (χ2n) is 3.69. The summed E-state index contributed by atoms with van der Waals surface area (Å²) in [6, 6.07) is 8.30. The fraction of sp³-hybridized carbons (Fsp3) is 0.167. The summed E-state index contributed by atoms with van der Waals surface area (Å²) in [5, 5.41) is 14.3. The van der Waals surface area contributed by atoms with E-state index in [1.807, 2.05) is 6.07 Å². The predicted molar refractivity (Wildman–Crippen MR) is 58.3 cm³/mol. The van der Waals surface area contributed by atoms with E-state index in [-0.39, 0.29) is 12.1 Å². The van der Waals surface area contributed by atoms with Crippen molar-refractivity contribution in [2.24, 2.45) is 0 Å². The van der Waals surface area contributed by atoms with Crippen molar-refractivity contribution in [3.63, 3.8) is 0 Å². The van der Waals surface area contributed by atoms with Gasteiger partial charge in [0.2, 0.25) is 0 Å². The molecule has 92 valence electrons. The second kappa shape index (κ2) is 4.53. The molecule has 1 N–H and O–H groups in total. The van der Waals surface area contributed by atoms with E-state index in [2.05, 4.69) is 10.2 Å². The molecule has 0 bridgehead atoms. The van der Waals surface area contributed by atoms with E-state index in [0.29, 0.717) is 5.56 Å². The first-order valence-electron chi connectivity index (χ1n) is 5.09. The predicted octanol–water partition coefficient (Wildman–Crippen LogP) is 3.16. The molecule has 0 aliphatic carbocycles. The Morgan fingerprint density at radius 2 is 1.89 bits per heavy atom. The molecule has 0 saturated carbocycles. The van der Waals surface area contributed by atoms with E-state index >= 15 is 0 Å². The number of alkyl halides is 3. The van der Waals surface area contributed by atoms with Gasteiger partial charge >= 0.3 is 6.18 Å². The number of halogens is 3. The molecular weight excluding hydrogens is 243 g/mol. The molecule has 0 fully saturated rings. The first-order valence-corrected chi connectivity index (χ1v) is 5.09. The molecule has 0 saturated heterocycles. The van der Waals surface area contributed by atoms with E-state index in [1.165, 1.54) is 12.1 Å². The second-order valence-corrected chi connectivity index (χ2v) is 3.69. The van der Waals surface area contributed by atoms with Crippen LogP contribution in [0.2, 0.25) is 0 Å². The van der Waals surface area contributed by atoms with Crippen molar-refractivity contribution >= 4 is 0 Å². The summed E-state index contributed by atoms with van der Waals surface area (Å²) in [7, 11) is 0. The number of rotatable bonds is 2. The van der Waals surface area contributed by atoms with Gasteiger partial charge in [0.15, 0.2) is 0 Å². The fourth-order valence-corrected chi connectivity index (χ4v) is 1.60. The summed E-state index contributed by atoms with van der Waals surface area (Å²) < 4.78 is 38.0. The number of hydrogen-bond donors (Lipinski definition) is 1. The van der Waals surface area contributed by atoms with Crippen LogP contribution in [0.15, 0.2) is 30.5 Å². The third-order valence-electron chi connectivity index (χ3n) is 2.47. The lowest BCUT2D eigenvalue weighted by Crippen LogP contribution is -2.05. The number of nitrogens with zero attached hydrogens (tertiary/aromatic N) is 2. The Bertz CT molecular complexity index is 576. The minimum absolute atomic E-state index is 0.0639. The quantitative estimate of drug-likeness (QED) is 0.891. The lowest BCUT2D eigenvalue weighted by atomic mass is 10.0. The number of benzene rings is 1. The molecule has 0 spiro atoms. The van der Waals surface area contributed by atoms with Crippen LogP contribution in [0.5, 0.6) is 0 Å².